The molecule has 8 heteroatoms. The Morgan fingerprint density at radius 1 is 0.938 bits per heavy atom. The predicted molar refractivity (Wildman–Crippen MR) is 123 cm³/mol. The van der Waals surface area contributed by atoms with E-state index in [1.807, 2.05) is 31.2 Å². The third kappa shape index (κ3) is 4.72. The number of benzene rings is 3. The van der Waals surface area contributed by atoms with E-state index in [-0.39, 0.29) is 11.6 Å². The minimum Gasteiger partial charge on any atom is -0.451 e. The zero-order valence-corrected chi connectivity index (χ0v) is 18.5. The normalized spacial score (nSPS) is 10.7. The van der Waals surface area contributed by atoms with Gasteiger partial charge < -0.3 is 4.74 Å². The summed E-state index contributed by atoms with van der Waals surface area (Å²) in [6.07, 6.45) is 0. The van der Waals surface area contributed by atoms with Crippen LogP contribution >= 0.6 is 23.2 Å². The number of ether oxygens (including phenoxy) is 1. The highest BCUT2D eigenvalue weighted by molar-refractivity contribution is 6.42. The first kappa shape index (κ1) is 21.7. The summed E-state index contributed by atoms with van der Waals surface area (Å²) in [7, 11) is 0. The predicted octanol–water partition coefficient (Wildman–Crippen LogP) is 5.59. The quantitative estimate of drug-likeness (QED) is 0.274. The fourth-order valence-electron chi connectivity index (χ4n) is 2.99. The van der Waals surface area contributed by atoms with Gasteiger partial charge in [-0.1, -0.05) is 83.4 Å². The summed E-state index contributed by atoms with van der Waals surface area (Å²) in [5.41, 5.74) is 2.85. The van der Waals surface area contributed by atoms with E-state index in [9.17, 15) is 9.59 Å². The first-order valence-corrected chi connectivity index (χ1v) is 10.4. The van der Waals surface area contributed by atoms with Gasteiger partial charge >= 0.3 is 5.97 Å². The van der Waals surface area contributed by atoms with Gasteiger partial charge in [-0.2, -0.15) is 0 Å². The molecule has 0 aliphatic rings. The molecule has 3 aromatic carbocycles. The van der Waals surface area contributed by atoms with Gasteiger partial charge in [0, 0.05) is 11.1 Å². The first-order valence-electron chi connectivity index (χ1n) is 9.67. The number of ketones is 1. The van der Waals surface area contributed by atoms with Crippen LogP contribution in [-0.2, 0) is 4.74 Å². The van der Waals surface area contributed by atoms with Crippen LogP contribution in [0, 0.1) is 6.92 Å². The summed E-state index contributed by atoms with van der Waals surface area (Å²) in [6, 6.07) is 21.2. The number of hydrogen-bond donors (Lipinski definition) is 0. The molecule has 160 valence electrons. The van der Waals surface area contributed by atoms with Gasteiger partial charge in [0.2, 0.25) is 0 Å². The smallest absolute Gasteiger partial charge is 0.378 e. The van der Waals surface area contributed by atoms with Crippen LogP contribution in [0.25, 0.3) is 17.1 Å². The van der Waals surface area contributed by atoms with Gasteiger partial charge in [-0.25, -0.2) is 14.5 Å². The molecule has 0 bridgehead atoms. The van der Waals surface area contributed by atoms with Crippen molar-refractivity contribution < 1.29 is 14.3 Å². The molecule has 0 amide bonds. The molecule has 32 heavy (non-hydrogen) atoms. The second kappa shape index (κ2) is 9.34. The minimum absolute atomic E-state index is 0.174. The molecule has 0 spiro atoms. The number of nitrogens with zero attached hydrogens (tertiary/aromatic N) is 3. The van der Waals surface area contributed by atoms with Gasteiger partial charge in [-0.15, -0.1) is 5.10 Å². The molecule has 0 atom stereocenters. The van der Waals surface area contributed by atoms with Gasteiger partial charge in [0.15, 0.2) is 18.2 Å². The van der Waals surface area contributed by atoms with Gasteiger partial charge in [0.1, 0.15) is 0 Å². The Bertz CT molecular complexity index is 1290. The maximum Gasteiger partial charge on any atom is 0.378 e. The number of carbonyl (C=O) groups is 2. The van der Waals surface area contributed by atoms with E-state index in [4.69, 9.17) is 27.9 Å². The summed E-state index contributed by atoms with van der Waals surface area (Å²) >= 11 is 12.2. The molecule has 0 aliphatic carbocycles. The highest BCUT2D eigenvalue weighted by Crippen LogP contribution is 2.27. The van der Waals surface area contributed by atoms with Crippen molar-refractivity contribution in [2.45, 2.75) is 6.92 Å². The zero-order chi connectivity index (χ0) is 22.7. The van der Waals surface area contributed by atoms with E-state index in [1.54, 1.807) is 48.5 Å². The summed E-state index contributed by atoms with van der Waals surface area (Å²) < 4.78 is 6.66. The number of aromatic nitrogens is 3. The maximum absolute atomic E-state index is 12.6. The van der Waals surface area contributed by atoms with Crippen LogP contribution in [0.2, 0.25) is 10.0 Å². The number of rotatable bonds is 6. The highest BCUT2D eigenvalue weighted by atomic mass is 35.5. The Balaban J connectivity index is 1.65. The largest absolute Gasteiger partial charge is 0.451 e. The molecule has 4 rings (SSSR count). The minimum atomic E-state index is -0.804. The number of halogens is 2. The lowest BCUT2D eigenvalue weighted by Crippen LogP contribution is -2.15. The molecule has 0 N–H and O–H groups in total. The molecule has 0 unspecified atom stereocenters. The highest BCUT2D eigenvalue weighted by Gasteiger charge is 2.21. The lowest BCUT2D eigenvalue weighted by atomic mass is 10.1. The van der Waals surface area contributed by atoms with E-state index in [1.165, 1.54) is 4.68 Å². The van der Waals surface area contributed by atoms with Crippen molar-refractivity contribution in [1.82, 2.24) is 14.8 Å². The average Bonchev–Trinajstić information content (AvgIpc) is 3.25. The molecule has 0 radical (unpaired) electrons. The molecular weight excluding hydrogens is 449 g/mol. The Morgan fingerprint density at radius 3 is 2.34 bits per heavy atom. The van der Waals surface area contributed by atoms with Crippen molar-refractivity contribution in [3.05, 3.63) is 99.8 Å². The number of hydrogen-bond acceptors (Lipinski definition) is 5. The SMILES string of the molecule is Cc1ccc(-c2nc(C(=O)OCC(=O)c3ccccc3)nn2-c2ccc(Cl)c(Cl)c2)cc1. The van der Waals surface area contributed by atoms with Crippen LogP contribution in [-0.4, -0.2) is 33.1 Å². The third-order valence-electron chi connectivity index (χ3n) is 4.68. The number of carbonyl (C=O) groups excluding carboxylic acids is 2. The van der Waals surface area contributed by atoms with Crippen LogP contribution < -0.4 is 0 Å². The van der Waals surface area contributed by atoms with Crippen LogP contribution in [0.3, 0.4) is 0 Å². The fourth-order valence-corrected chi connectivity index (χ4v) is 3.28. The van der Waals surface area contributed by atoms with Crippen LogP contribution in [0.4, 0.5) is 0 Å². The van der Waals surface area contributed by atoms with E-state index in [2.05, 4.69) is 10.1 Å². The van der Waals surface area contributed by atoms with E-state index in [0.717, 1.165) is 11.1 Å². The molecule has 0 saturated heterocycles. The topological polar surface area (TPSA) is 74.1 Å². The number of esters is 1. The van der Waals surface area contributed by atoms with Gasteiger partial charge in [-0.3, -0.25) is 4.79 Å². The van der Waals surface area contributed by atoms with Crippen molar-refractivity contribution in [2.24, 2.45) is 0 Å². The molecule has 0 aliphatic heterocycles. The van der Waals surface area contributed by atoms with E-state index in [0.29, 0.717) is 27.1 Å². The molecular formula is C24H17Cl2N3O3. The Kier molecular flexibility index (Phi) is 6.35. The van der Waals surface area contributed by atoms with Gasteiger partial charge in [-0.05, 0) is 25.1 Å². The van der Waals surface area contributed by atoms with Crippen LogP contribution in [0.15, 0.2) is 72.8 Å². The summed E-state index contributed by atoms with van der Waals surface area (Å²) in [5.74, 6) is -0.875. The Morgan fingerprint density at radius 2 is 1.66 bits per heavy atom. The van der Waals surface area contributed by atoms with Gasteiger partial charge in [0.25, 0.3) is 5.82 Å². The summed E-state index contributed by atoms with van der Waals surface area (Å²) in [4.78, 5) is 29.2. The molecule has 0 saturated carbocycles. The summed E-state index contributed by atoms with van der Waals surface area (Å²) in [5, 5.41) is 5.05. The van der Waals surface area contributed by atoms with Crippen molar-refractivity contribution in [3.63, 3.8) is 0 Å². The fraction of sp³-hybridized carbons (Fsp3) is 0.0833. The monoisotopic (exact) mass is 465 g/mol. The Hall–Kier alpha value is -3.48. The third-order valence-corrected chi connectivity index (χ3v) is 5.42. The maximum atomic E-state index is 12.6. The number of Topliss-reactive ketones (excluding diaryl/α,β-unsaturated/α-hetero) is 1. The van der Waals surface area contributed by atoms with Crippen LogP contribution in [0.5, 0.6) is 0 Å². The average molecular weight is 466 g/mol. The first-order chi connectivity index (χ1) is 15.4. The molecule has 4 aromatic rings. The van der Waals surface area contributed by atoms with Crippen LogP contribution in [0.1, 0.15) is 26.5 Å². The number of aryl methyl sites for hydroxylation is 1. The standard InChI is InChI=1S/C24H17Cl2N3O3/c1-15-7-9-17(10-8-15)23-27-22(28-29(23)18-11-12-19(25)20(26)13-18)24(31)32-14-21(30)16-5-3-2-4-6-16/h2-13H,14H2,1H3. The molecule has 6 nitrogen and oxygen atoms in total. The van der Waals surface area contributed by atoms with E-state index >= 15 is 0 Å². The van der Waals surface area contributed by atoms with Crippen molar-refractivity contribution in [1.29, 1.82) is 0 Å². The van der Waals surface area contributed by atoms with E-state index < -0.39 is 12.6 Å². The second-order valence-corrected chi connectivity index (χ2v) is 7.81. The van der Waals surface area contributed by atoms with Crippen molar-refractivity contribution in [2.75, 3.05) is 6.61 Å². The lowest BCUT2D eigenvalue weighted by Gasteiger charge is -2.07. The summed E-state index contributed by atoms with van der Waals surface area (Å²) in [6.45, 7) is 1.56. The molecule has 1 heterocycles. The van der Waals surface area contributed by atoms with Crippen molar-refractivity contribution >= 4 is 35.0 Å². The second-order valence-electron chi connectivity index (χ2n) is 7.00. The molecule has 0 fully saturated rings. The van der Waals surface area contributed by atoms with Crippen molar-refractivity contribution in [3.8, 4) is 17.1 Å². The lowest BCUT2D eigenvalue weighted by molar-refractivity contribution is 0.0462. The molecule has 1 aromatic heterocycles. The zero-order valence-electron chi connectivity index (χ0n) is 17.0. The Labute approximate surface area is 194 Å². The van der Waals surface area contributed by atoms with Gasteiger partial charge in [0.05, 0.1) is 15.7 Å².